The Labute approximate surface area is 175 Å². The molecule has 2 aromatic carbocycles. The number of hydrogen-bond acceptors (Lipinski definition) is 3. The average Bonchev–Trinajstić information content (AvgIpc) is 2.69. The van der Waals surface area contributed by atoms with Crippen LogP contribution in [-0.4, -0.2) is 42.7 Å². The van der Waals surface area contributed by atoms with Gasteiger partial charge in [0.1, 0.15) is 0 Å². The lowest BCUT2D eigenvalue weighted by molar-refractivity contribution is -0.148. The highest BCUT2D eigenvalue weighted by Crippen LogP contribution is 2.33. The van der Waals surface area contributed by atoms with E-state index < -0.39 is 24.3 Å². The van der Waals surface area contributed by atoms with Crippen LogP contribution in [0.3, 0.4) is 0 Å². The first kappa shape index (κ1) is 23.7. The zero-order valence-corrected chi connectivity index (χ0v) is 16.9. The van der Waals surface area contributed by atoms with Crippen molar-refractivity contribution in [3.05, 3.63) is 60.2 Å². The molecule has 0 aliphatic carbocycles. The molecule has 160 valence electrons. The Bertz CT molecular complexity index is 751. The normalized spacial score (nSPS) is 19.2. The molecule has 1 aliphatic heterocycles. The molecule has 1 fully saturated rings. The molecule has 2 aromatic rings. The van der Waals surface area contributed by atoms with Crippen molar-refractivity contribution in [3.63, 3.8) is 0 Å². The number of halogens is 4. The fourth-order valence-electron chi connectivity index (χ4n) is 3.77. The van der Waals surface area contributed by atoms with Crippen LogP contribution in [0.1, 0.15) is 24.8 Å². The summed E-state index contributed by atoms with van der Waals surface area (Å²) < 4.78 is 43.7. The number of hydrogen-bond donors (Lipinski definition) is 2. The van der Waals surface area contributed by atoms with Crippen LogP contribution in [0.5, 0.6) is 0 Å². The summed E-state index contributed by atoms with van der Waals surface area (Å²) in [5, 5.41) is 14.6. The number of ether oxygens (including phenoxy) is 1. The minimum Gasteiger partial charge on any atom is -0.387 e. The molecular formula is C22H27ClF3NO2. The van der Waals surface area contributed by atoms with Crippen molar-refractivity contribution < 1.29 is 23.0 Å². The second-order valence-electron chi connectivity index (χ2n) is 7.34. The Morgan fingerprint density at radius 1 is 1.00 bits per heavy atom. The number of aliphatic hydroxyl groups is 1. The summed E-state index contributed by atoms with van der Waals surface area (Å²) >= 11 is 0. The molecule has 0 radical (unpaired) electrons. The molecule has 29 heavy (non-hydrogen) atoms. The van der Waals surface area contributed by atoms with Gasteiger partial charge in [0.25, 0.3) is 0 Å². The van der Waals surface area contributed by atoms with Gasteiger partial charge in [-0.2, -0.15) is 13.2 Å². The van der Waals surface area contributed by atoms with E-state index in [-0.39, 0.29) is 31.7 Å². The molecular weight excluding hydrogens is 403 g/mol. The summed E-state index contributed by atoms with van der Waals surface area (Å²) in [6, 6.07) is 17.5. The summed E-state index contributed by atoms with van der Waals surface area (Å²) in [5.74, 6) is 0. The molecule has 0 bridgehead atoms. The third kappa shape index (κ3) is 6.71. The molecule has 0 amide bonds. The molecule has 0 saturated carbocycles. The Hall–Kier alpha value is -1.60. The Morgan fingerprint density at radius 2 is 1.69 bits per heavy atom. The monoisotopic (exact) mass is 429 g/mol. The second-order valence-corrected chi connectivity index (χ2v) is 7.34. The van der Waals surface area contributed by atoms with E-state index in [4.69, 9.17) is 4.74 Å². The minimum atomic E-state index is -4.23. The number of nitrogens with one attached hydrogen (secondary N) is 1. The molecule has 1 heterocycles. The number of benzene rings is 2. The molecule has 0 spiro atoms. The van der Waals surface area contributed by atoms with E-state index in [1.54, 1.807) is 0 Å². The van der Waals surface area contributed by atoms with Crippen LogP contribution in [-0.2, 0) is 11.2 Å². The molecule has 2 unspecified atom stereocenters. The van der Waals surface area contributed by atoms with Gasteiger partial charge in [-0.25, -0.2) is 0 Å². The van der Waals surface area contributed by atoms with Crippen LogP contribution in [0.25, 0.3) is 11.1 Å². The topological polar surface area (TPSA) is 41.5 Å². The molecule has 1 aliphatic rings. The van der Waals surface area contributed by atoms with E-state index in [0.717, 1.165) is 16.7 Å². The highest BCUT2D eigenvalue weighted by molar-refractivity contribution is 5.85. The van der Waals surface area contributed by atoms with Gasteiger partial charge in [-0.15, -0.1) is 12.4 Å². The maximum Gasteiger partial charge on any atom is 0.389 e. The smallest absolute Gasteiger partial charge is 0.387 e. The highest BCUT2D eigenvalue weighted by Gasteiger charge is 2.40. The van der Waals surface area contributed by atoms with Crippen LogP contribution in [0.2, 0.25) is 0 Å². The van der Waals surface area contributed by atoms with Crippen LogP contribution >= 0.6 is 12.4 Å². The Kier molecular flexibility index (Phi) is 8.52. The maximum atomic E-state index is 12.7. The molecule has 3 rings (SSSR count). The first-order valence-corrected chi connectivity index (χ1v) is 9.62. The quantitative estimate of drug-likeness (QED) is 0.666. The third-order valence-corrected chi connectivity index (χ3v) is 5.20. The van der Waals surface area contributed by atoms with Gasteiger partial charge in [-0.05, 0) is 29.5 Å². The largest absolute Gasteiger partial charge is 0.389 e. The second kappa shape index (κ2) is 10.4. The maximum absolute atomic E-state index is 12.7. The minimum absolute atomic E-state index is 0. The van der Waals surface area contributed by atoms with E-state index >= 15 is 0 Å². The molecule has 7 heteroatoms. The van der Waals surface area contributed by atoms with E-state index in [0.29, 0.717) is 19.7 Å². The summed E-state index contributed by atoms with van der Waals surface area (Å²) in [5.41, 5.74) is 1.51. The molecule has 2 N–H and O–H groups in total. The van der Waals surface area contributed by atoms with Gasteiger partial charge in [0.2, 0.25) is 0 Å². The van der Waals surface area contributed by atoms with E-state index in [2.05, 4.69) is 5.32 Å². The van der Waals surface area contributed by atoms with Gasteiger partial charge in [0, 0.05) is 25.9 Å². The fraction of sp³-hybridized carbons (Fsp3) is 0.455. The molecule has 0 aromatic heterocycles. The van der Waals surface area contributed by atoms with Crippen molar-refractivity contribution in [1.29, 1.82) is 0 Å². The molecule has 2 atom stereocenters. The van der Waals surface area contributed by atoms with E-state index in [1.165, 1.54) is 0 Å². The van der Waals surface area contributed by atoms with Gasteiger partial charge in [-0.3, -0.25) is 0 Å². The Balaban J connectivity index is 0.00000300. The lowest BCUT2D eigenvalue weighted by Crippen LogP contribution is -2.54. The number of alkyl halides is 3. The number of morpholine rings is 1. The number of rotatable bonds is 7. The highest BCUT2D eigenvalue weighted by atomic mass is 35.5. The van der Waals surface area contributed by atoms with Crippen LogP contribution in [0.15, 0.2) is 54.6 Å². The van der Waals surface area contributed by atoms with Crippen molar-refractivity contribution in [2.75, 3.05) is 19.7 Å². The summed E-state index contributed by atoms with van der Waals surface area (Å²) in [7, 11) is 0. The van der Waals surface area contributed by atoms with Crippen molar-refractivity contribution in [2.24, 2.45) is 0 Å². The van der Waals surface area contributed by atoms with Gasteiger partial charge in [-0.1, -0.05) is 54.6 Å². The Morgan fingerprint density at radius 3 is 2.34 bits per heavy atom. The van der Waals surface area contributed by atoms with Gasteiger partial charge in [0.15, 0.2) is 0 Å². The third-order valence-electron chi connectivity index (χ3n) is 5.20. The van der Waals surface area contributed by atoms with Crippen molar-refractivity contribution in [3.8, 4) is 11.1 Å². The first-order valence-electron chi connectivity index (χ1n) is 9.62. The van der Waals surface area contributed by atoms with Crippen molar-refractivity contribution >= 4 is 12.4 Å². The lowest BCUT2D eigenvalue weighted by Gasteiger charge is -2.39. The lowest BCUT2D eigenvalue weighted by atomic mass is 9.81. The van der Waals surface area contributed by atoms with Gasteiger partial charge >= 0.3 is 6.18 Å². The van der Waals surface area contributed by atoms with Crippen molar-refractivity contribution in [2.45, 2.75) is 43.6 Å². The summed E-state index contributed by atoms with van der Waals surface area (Å²) in [4.78, 5) is 0. The summed E-state index contributed by atoms with van der Waals surface area (Å²) in [6.07, 6.45) is -5.54. The zero-order valence-electron chi connectivity index (χ0n) is 16.1. The SMILES string of the molecule is Cl.OC(CCCC(F)(F)F)(Cc1ccccc1-c1ccccc1)C1CNCCO1. The van der Waals surface area contributed by atoms with Gasteiger partial charge in [0.05, 0.1) is 18.3 Å². The van der Waals surface area contributed by atoms with Crippen LogP contribution < -0.4 is 5.32 Å². The molecule has 1 saturated heterocycles. The standard InChI is InChI=1S/C22H26F3NO2.ClH/c23-22(24,25)12-6-11-21(27,20-16-26-13-14-28-20)15-18-9-4-5-10-19(18)17-7-2-1-3-8-17;/h1-5,7-10,20,26-27H,6,11-16H2;1H. The van der Waals surface area contributed by atoms with E-state index in [9.17, 15) is 18.3 Å². The fourth-order valence-corrected chi connectivity index (χ4v) is 3.77. The predicted octanol–water partition coefficient (Wildman–Crippen LogP) is 4.77. The predicted molar refractivity (Wildman–Crippen MR) is 110 cm³/mol. The molecule has 3 nitrogen and oxygen atoms in total. The van der Waals surface area contributed by atoms with Crippen LogP contribution in [0, 0.1) is 0 Å². The zero-order chi connectivity index (χ0) is 20.0. The van der Waals surface area contributed by atoms with Gasteiger partial charge < -0.3 is 15.2 Å². The summed E-state index contributed by atoms with van der Waals surface area (Å²) in [6.45, 7) is 1.54. The van der Waals surface area contributed by atoms with E-state index in [1.807, 2.05) is 54.6 Å². The van der Waals surface area contributed by atoms with Crippen LogP contribution in [0.4, 0.5) is 13.2 Å². The first-order chi connectivity index (χ1) is 13.4. The van der Waals surface area contributed by atoms with Crippen molar-refractivity contribution in [1.82, 2.24) is 5.32 Å². The average molecular weight is 430 g/mol.